The van der Waals surface area contributed by atoms with Crippen molar-refractivity contribution in [3.8, 4) is 0 Å². The largest absolute Gasteiger partial charge is 0.330 e. The molecule has 0 bridgehead atoms. The van der Waals surface area contributed by atoms with Gasteiger partial charge in [0.05, 0.1) is 11.7 Å². The van der Waals surface area contributed by atoms with Crippen LogP contribution in [0, 0.1) is 5.41 Å². The van der Waals surface area contributed by atoms with E-state index in [0.29, 0.717) is 12.6 Å². The molecule has 0 spiro atoms. The summed E-state index contributed by atoms with van der Waals surface area (Å²) in [5.41, 5.74) is 7.08. The maximum absolute atomic E-state index is 5.78. The van der Waals surface area contributed by atoms with Gasteiger partial charge in [-0.25, -0.2) is 0 Å². The van der Waals surface area contributed by atoms with Crippen molar-refractivity contribution < 1.29 is 0 Å². The summed E-state index contributed by atoms with van der Waals surface area (Å²) in [5.74, 6) is 0. The zero-order chi connectivity index (χ0) is 14.5. The molecule has 0 aromatic carbocycles. The summed E-state index contributed by atoms with van der Waals surface area (Å²) in [4.78, 5) is 2.30. The Morgan fingerprint density at radius 1 is 1.37 bits per heavy atom. The van der Waals surface area contributed by atoms with Gasteiger partial charge in [-0.1, -0.05) is 27.7 Å². The molecule has 1 heterocycles. The Balaban J connectivity index is 2.58. The van der Waals surface area contributed by atoms with Gasteiger partial charge in [-0.05, 0) is 37.9 Å². The van der Waals surface area contributed by atoms with E-state index in [0.717, 1.165) is 31.6 Å². The van der Waals surface area contributed by atoms with Gasteiger partial charge >= 0.3 is 0 Å². The van der Waals surface area contributed by atoms with Gasteiger partial charge in [0.1, 0.15) is 0 Å². The van der Waals surface area contributed by atoms with Crippen molar-refractivity contribution in [1.29, 1.82) is 0 Å². The Labute approximate surface area is 118 Å². The molecule has 2 N–H and O–H groups in total. The fourth-order valence-corrected chi connectivity index (χ4v) is 2.46. The first-order chi connectivity index (χ1) is 8.91. The van der Waals surface area contributed by atoms with Crippen LogP contribution in [0.15, 0.2) is 12.3 Å². The quantitative estimate of drug-likeness (QED) is 0.787. The van der Waals surface area contributed by atoms with Crippen molar-refractivity contribution in [2.24, 2.45) is 11.1 Å². The Kier molecular flexibility index (Phi) is 6.01. The summed E-state index contributed by atoms with van der Waals surface area (Å²) in [6.07, 6.45) is 4.37. The molecule has 1 aromatic heterocycles. The third-order valence-corrected chi connectivity index (χ3v) is 3.66. The summed E-state index contributed by atoms with van der Waals surface area (Å²) in [6.45, 7) is 11.4. The maximum atomic E-state index is 5.78. The molecule has 0 aliphatic heterocycles. The highest BCUT2D eigenvalue weighted by atomic mass is 15.3. The van der Waals surface area contributed by atoms with Gasteiger partial charge in [-0.15, -0.1) is 0 Å². The van der Waals surface area contributed by atoms with E-state index in [2.05, 4.69) is 56.6 Å². The predicted octanol–water partition coefficient (Wildman–Crippen LogP) is 2.66. The molecule has 0 aliphatic carbocycles. The Bertz CT molecular complexity index is 366. The number of nitrogens with two attached hydrogens (primary N) is 1. The van der Waals surface area contributed by atoms with E-state index in [1.54, 1.807) is 0 Å². The van der Waals surface area contributed by atoms with E-state index in [4.69, 9.17) is 10.8 Å². The van der Waals surface area contributed by atoms with Crippen LogP contribution in [0.1, 0.15) is 52.3 Å². The minimum Gasteiger partial charge on any atom is -0.330 e. The Hall–Kier alpha value is -0.870. The van der Waals surface area contributed by atoms with Crippen LogP contribution in [-0.2, 0) is 6.54 Å². The van der Waals surface area contributed by atoms with Crippen molar-refractivity contribution in [2.45, 2.75) is 53.1 Å². The van der Waals surface area contributed by atoms with Gasteiger partial charge in [0.2, 0.25) is 0 Å². The van der Waals surface area contributed by atoms with E-state index in [9.17, 15) is 0 Å². The van der Waals surface area contributed by atoms with Gasteiger partial charge < -0.3 is 5.73 Å². The minimum atomic E-state index is 0.159. The average Bonchev–Trinajstić information content (AvgIpc) is 2.78. The third kappa shape index (κ3) is 4.96. The first-order valence-electron chi connectivity index (χ1n) is 7.34. The van der Waals surface area contributed by atoms with E-state index >= 15 is 0 Å². The van der Waals surface area contributed by atoms with Crippen LogP contribution in [-0.4, -0.2) is 34.8 Å². The molecule has 4 heteroatoms. The molecule has 0 unspecified atom stereocenters. The number of aromatic nitrogens is 2. The van der Waals surface area contributed by atoms with Crippen LogP contribution >= 0.6 is 0 Å². The lowest BCUT2D eigenvalue weighted by Crippen LogP contribution is -2.36. The Morgan fingerprint density at radius 2 is 2.00 bits per heavy atom. The standard InChI is InChI=1S/C15H30N4/c1-6-14(7-2)19-9-8-13(17-19)10-18(5)12-15(3,4)11-16/h8-9,14H,6-7,10-12,16H2,1-5H3. The van der Waals surface area contributed by atoms with Crippen molar-refractivity contribution in [3.63, 3.8) is 0 Å². The van der Waals surface area contributed by atoms with Crippen LogP contribution in [0.5, 0.6) is 0 Å². The molecule has 0 fully saturated rings. The van der Waals surface area contributed by atoms with Crippen LogP contribution in [0.25, 0.3) is 0 Å². The molecule has 0 amide bonds. The molecule has 0 saturated heterocycles. The van der Waals surface area contributed by atoms with Crippen LogP contribution in [0.4, 0.5) is 0 Å². The second-order valence-electron chi connectivity index (χ2n) is 6.30. The summed E-state index contributed by atoms with van der Waals surface area (Å²) in [5, 5.41) is 4.69. The second-order valence-corrected chi connectivity index (χ2v) is 6.30. The molecular formula is C15H30N4. The van der Waals surface area contributed by atoms with Gasteiger partial charge in [0, 0.05) is 19.3 Å². The molecule has 110 valence electrons. The molecule has 0 aliphatic rings. The molecule has 1 rings (SSSR count). The summed E-state index contributed by atoms with van der Waals surface area (Å²) in [7, 11) is 2.13. The normalized spacial score (nSPS) is 12.6. The molecule has 1 aromatic rings. The van der Waals surface area contributed by atoms with Crippen LogP contribution < -0.4 is 5.73 Å². The van der Waals surface area contributed by atoms with Crippen molar-refractivity contribution in [3.05, 3.63) is 18.0 Å². The predicted molar refractivity (Wildman–Crippen MR) is 81.0 cm³/mol. The van der Waals surface area contributed by atoms with Gasteiger partial charge in [-0.3, -0.25) is 9.58 Å². The first-order valence-corrected chi connectivity index (χ1v) is 7.34. The number of nitrogens with zero attached hydrogens (tertiary/aromatic N) is 3. The lowest BCUT2D eigenvalue weighted by molar-refractivity contribution is 0.207. The molecule has 0 atom stereocenters. The molecule has 19 heavy (non-hydrogen) atoms. The van der Waals surface area contributed by atoms with E-state index in [1.807, 2.05) is 0 Å². The summed E-state index contributed by atoms with van der Waals surface area (Å²) >= 11 is 0. The average molecular weight is 266 g/mol. The van der Waals surface area contributed by atoms with Gasteiger partial charge in [0.15, 0.2) is 0 Å². The number of hydrogen-bond acceptors (Lipinski definition) is 3. The summed E-state index contributed by atoms with van der Waals surface area (Å²) in [6, 6.07) is 2.66. The van der Waals surface area contributed by atoms with Crippen molar-refractivity contribution in [2.75, 3.05) is 20.1 Å². The topological polar surface area (TPSA) is 47.1 Å². The third-order valence-electron chi connectivity index (χ3n) is 3.66. The van der Waals surface area contributed by atoms with E-state index in [1.165, 1.54) is 0 Å². The highest BCUT2D eigenvalue weighted by molar-refractivity contribution is 4.99. The van der Waals surface area contributed by atoms with Crippen LogP contribution in [0.2, 0.25) is 0 Å². The van der Waals surface area contributed by atoms with Crippen molar-refractivity contribution in [1.82, 2.24) is 14.7 Å². The van der Waals surface area contributed by atoms with Gasteiger partial charge in [-0.2, -0.15) is 5.10 Å². The van der Waals surface area contributed by atoms with Gasteiger partial charge in [0.25, 0.3) is 0 Å². The molecule has 0 radical (unpaired) electrons. The van der Waals surface area contributed by atoms with E-state index in [-0.39, 0.29) is 5.41 Å². The minimum absolute atomic E-state index is 0.159. The molecule has 0 saturated carbocycles. The zero-order valence-electron chi connectivity index (χ0n) is 13.2. The number of rotatable bonds is 8. The first kappa shape index (κ1) is 16.2. The Morgan fingerprint density at radius 3 is 2.53 bits per heavy atom. The molecule has 4 nitrogen and oxygen atoms in total. The molecular weight excluding hydrogens is 236 g/mol. The highest BCUT2D eigenvalue weighted by Gasteiger charge is 2.18. The van der Waals surface area contributed by atoms with Crippen LogP contribution in [0.3, 0.4) is 0 Å². The number of hydrogen-bond donors (Lipinski definition) is 1. The lowest BCUT2D eigenvalue weighted by atomic mass is 9.93. The second kappa shape index (κ2) is 7.06. The highest BCUT2D eigenvalue weighted by Crippen LogP contribution is 2.17. The fraction of sp³-hybridized carbons (Fsp3) is 0.800. The zero-order valence-corrected chi connectivity index (χ0v) is 13.2. The SMILES string of the molecule is CCC(CC)n1ccc(CN(C)CC(C)(C)CN)n1. The smallest absolute Gasteiger partial charge is 0.0764 e. The monoisotopic (exact) mass is 266 g/mol. The fourth-order valence-electron chi connectivity index (χ4n) is 2.46. The van der Waals surface area contributed by atoms with E-state index < -0.39 is 0 Å². The van der Waals surface area contributed by atoms with Crippen molar-refractivity contribution >= 4 is 0 Å². The lowest BCUT2D eigenvalue weighted by Gasteiger charge is -2.28. The summed E-state index contributed by atoms with van der Waals surface area (Å²) < 4.78 is 2.11. The maximum Gasteiger partial charge on any atom is 0.0764 e.